The maximum Gasteiger partial charge on any atom is 0.256 e. The summed E-state index contributed by atoms with van der Waals surface area (Å²) in [7, 11) is 2.93. The number of carbonyl (C=O) groups is 1. The Morgan fingerprint density at radius 1 is 1.19 bits per heavy atom. The van der Waals surface area contributed by atoms with Crippen LogP contribution < -0.4 is 20.3 Å². The lowest BCUT2D eigenvalue weighted by molar-refractivity contribution is 0.102. The van der Waals surface area contributed by atoms with Crippen LogP contribution in [0, 0.1) is 0 Å². The number of H-pyrrole nitrogens is 1. The third-order valence-corrected chi connectivity index (χ3v) is 3.05. The van der Waals surface area contributed by atoms with Gasteiger partial charge in [-0.25, -0.2) is 0 Å². The Hall–Kier alpha value is -2.47. The van der Waals surface area contributed by atoms with E-state index in [0.717, 1.165) is 0 Å². The van der Waals surface area contributed by atoms with Gasteiger partial charge in [-0.05, 0) is 6.07 Å². The number of amides is 1. The first-order valence-corrected chi connectivity index (χ1v) is 6.34. The third kappa shape index (κ3) is 3.35. The van der Waals surface area contributed by atoms with Crippen molar-refractivity contribution >= 4 is 23.2 Å². The molecule has 0 aliphatic heterocycles. The fourth-order valence-corrected chi connectivity index (χ4v) is 1.97. The van der Waals surface area contributed by atoms with Crippen molar-refractivity contribution in [3.8, 4) is 11.5 Å². The molecule has 2 aromatic rings. The molecule has 0 saturated heterocycles. The van der Waals surface area contributed by atoms with Crippen molar-refractivity contribution < 1.29 is 14.3 Å². The zero-order valence-corrected chi connectivity index (χ0v) is 12.2. The molecular weight excluding hydrogens is 296 g/mol. The van der Waals surface area contributed by atoms with Crippen molar-refractivity contribution in [2.75, 3.05) is 19.5 Å². The van der Waals surface area contributed by atoms with Gasteiger partial charge in [0.25, 0.3) is 5.91 Å². The first-order valence-electron chi connectivity index (χ1n) is 5.96. The van der Waals surface area contributed by atoms with Crippen molar-refractivity contribution in [3.63, 3.8) is 0 Å². The van der Waals surface area contributed by atoms with E-state index in [2.05, 4.69) is 10.3 Å². The van der Waals surface area contributed by atoms with Gasteiger partial charge >= 0.3 is 0 Å². The molecule has 0 saturated carbocycles. The van der Waals surface area contributed by atoms with Gasteiger partial charge in [0.15, 0.2) is 0 Å². The standard InChI is InChI=1S/C14H13ClN2O4/c1-20-11-7-10(12(21-2)6-9(11)15)17-14(19)8-3-4-16-13(18)5-8/h3-7H,1-2H3,(H,16,18)(H,17,19). The Kier molecular flexibility index (Phi) is 4.49. The van der Waals surface area contributed by atoms with Crippen molar-refractivity contribution in [1.29, 1.82) is 0 Å². The Balaban J connectivity index is 2.34. The number of hydrogen-bond acceptors (Lipinski definition) is 4. The zero-order chi connectivity index (χ0) is 15.4. The molecule has 0 atom stereocenters. The van der Waals surface area contributed by atoms with Gasteiger partial charge in [-0.1, -0.05) is 11.6 Å². The largest absolute Gasteiger partial charge is 0.495 e. The van der Waals surface area contributed by atoms with E-state index in [1.54, 1.807) is 6.07 Å². The average Bonchev–Trinajstić information content (AvgIpc) is 2.48. The quantitative estimate of drug-likeness (QED) is 0.908. The van der Waals surface area contributed by atoms with Gasteiger partial charge in [0.2, 0.25) is 5.56 Å². The molecule has 0 spiro atoms. The number of benzene rings is 1. The number of aromatic amines is 1. The van der Waals surface area contributed by atoms with Crippen LogP contribution in [0.4, 0.5) is 5.69 Å². The highest BCUT2D eigenvalue weighted by atomic mass is 35.5. The molecule has 1 aromatic carbocycles. The average molecular weight is 309 g/mol. The van der Waals surface area contributed by atoms with E-state index in [9.17, 15) is 9.59 Å². The SMILES string of the molecule is COc1cc(NC(=O)c2cc[nH]c(=O)c2)c(OC)cc1Cl. The van der Waals surface area contributed by atoms with Crippen LogP contribution >= 0.6 is 11.6 Å². The molecule has 1 amide bonds. The topological polar surface area (TPSA) is 80.4 Å². The van der Waals surface area contributed by atoms with E-state index >= 15 is 0 Å². The monoisotopic (exact) mass is 308 g/mol. The summed E-state index contributed by atoms with van der Waals surface area (Å²) >= 11 is 5.99. The summed E-state index contributed by atoms with van der Waals surface area (Å²) in [6.07, 6.45) is 1.40. The number of methoxy groups -OCH3 is 2. The minimum absolute atomic E-state index is 0.231. The fraction of sp³-hybridized carbons (Fsp3) is 0.143. The van der Waals surface area contributed by atoms with Gasteiger partial charge in [0, 0.05) is 30.0 Å². The van der Waals surface area contributed by atoms with Crippen LogP contribution in [-0.4, -0.2) is 25.1 Å². The predicted molar refractivity (Wildman–Crippen MR) is 79.6 cm³/mol. The second kappa shape index (κ2) is 6.32. The minimum Gasteiger partial charge on any atom is -0.495 e. The van der Waals surface area contributed by atoms with E-state index in [1.165, 1.54) is 38.6 Å². The molecule has 7 heteroatoms. The number of hydrogen-bond donors (Lipinski definition) is 2. The summed E-state index contributed by atoms with van der Waals surface area (Å²) in [5.74, 6) is 0.349. The number of pyridine rings is 1. The molecule has 21 heavy (non-hydrogen) atoms. The summed E-state index contributed by atoms with van der Waals surface area (Å²) in [6.45, 7) is 0. The Morgan fingerprint density at radius 3 is 2.52 bits per heavy atom. The maximum absolute atomic E-state index is 12.1. The molecule has 0 aliphatic rings. The summed E-state index contributed by atoms with van der Waals surface area (Å²) in [5, 5.41) is 3.02. The van der Waals surface area contributed by atoms with Gasteiger partial charge in [-0.2, -0.15) is 0 Å². The van der Waals surface area contributed by atoms with Crippen LogP contribution in [0.2, 0.25) is 5.02 Å². The van der Waals surface area contributed by atoms with Gasteiger partial charge in [-0.15, -0.1) is 0 Å². The molecule has 1 aromatic heterocycles. The normalized spacial score (nSPS) is 10.0. The fourth-order valence-electron chi connectivity index (χ4n) is 1.74. The number of aromatic nitrogens is 1. The van der Waals surface area contributed by atoms with Crippen molar-refractivity contribution in [1.82, 2.24) is 4.98 Å². The third-order valence-electron chi connectivity index (χ3n) is 2.76. The molecule has 0 bridgehead atoms. The van der Waals surface area contributed by atoms with Crippen molar-refractivity contribution in [2.24, 2.45) is 0 Å². The number of ether oxygens (including phenoxy) is 2. The first kappa shape index (κ1) is 14.9. The Morgan fingerprint density at radius 2 is 1.90 bits per heavy atom. The number of rotatable bonds is 4. The number of carbonyl (C=O) groups excluding carboxylic acids is 1. The lowest BCUT2D eigenvalue weighted by Crippen LogP contribution is -2.16. The highest BCUT2D eigenvalue weighted by molar-refractivity contribution is 6.32. The number of nitrogens with one attached hydrogen (secondary N) is 2. The maximum atomic E-state index is 12.1. The second-order valence-electron chi connectivity index (χ2n) is 4.08. The number of anilines is 1. The molecule has 2 N–H and O–H groups in total. The molecule has 2 rings (SSSR count). The van der Waals surface area contributed by atoms with E-state index in [1.807, 2.05) is 0 Å². The van der Waals surface area contributed by atoms with Crippen LogP contribution in [0.3, 0.4) is 0 Å². The van der Waals surface area contributed by atoms with E-state index in [4.69, 9.17) is 21.1 Å². The summed E-state index contributed by atoms with van der Waals surface area (Å²) in [6, 6.07) is 5.78. The number of halogens is 1. The van der Waals surface area contributed by atoms with Gasteiger partial charge in [-0.3, -0.25) is 9.59 Å². The smallest absolute Gasteiger partial charge is 0.256 e. The van der Waals surface area contributed by atoms with Crippen LogP contribution in [0.15, 0.2) is 35.3 Å². The molecule has 0 fully saturated rings. The second-order valence-corrected chi connectivity index (χ2v) is 4.49. The van der Waals surface area contributed by atoms with Crippen LogP contribution in [0.5, 0.6) is 11.5 Å². The molecule has 1 heterocycles. The lowest BCUT2D eigenvalue weighted by Gasteiger charge is -2.13. The molecular formula is C14H13ClN2O4. The van der Waals surface area contributed by atoms with E-state index in [0.29, 0.717) is 22.2 Å². The molecule has 0 unspecified atom stereocenters. The molecule has 6 nitrogen and oxygen atoms in total. The van der Waals surface area contributed by atoms with Gasteiger partial charge in [0.1, 0.15) is 11.5 Å². The lowest BCUT2D eigenvalue weighted by atomic mass is 10.2. The van der Waals surface area contributed by atoms with Gasteiger partial charge < -0.3 is 19.8 Å². The van der Waals surface area contributed by atoms with Crippen molar-refractivity contribution in [3.05, 3.63) is 51.4 Å². The van der Waals surface area contributed by atoms with Crippen LogP contribution in [-0.2, 0) is 0 Å². The highest BCUT2D eigenvalue weighted by Gasteiger charge is 2.13. The Labute approximate surface area is 125 Å². The zero-order valence-electron chi connectivity index (χ0n) is 11.4. The predicted octanol–water partition coefficient (Wildman–Crippen LogP) is 2.30. The summed E-state index contributed by atoms with van der Waals surface area (Å²) < 4.78 is 10.3. The summed E-state index contributed by atoms with van der Waals surface area (Å²) in [5.41, 5.74) is 0.266. The Bertz CT molecular complexity index is 727. The van der Waals surface area contributed by atoms with Gasteiger partial charge in [0.05, 0.1) is 24.9 Å². The molecule has 110 valence electrons. The van der Waals surface area contributed by atoms with Crippen LogP contribution in [0.25, 0.3) is 0 Å². The summed E-state index contributed by atoms with van der Waals surface area (Å²) in [4.78, 5) is 25.8. The van der Waals surface area contributed by atoms with E-state index < -0.39 is 5.91 Å². The highest BCUT2D eigenvalue weighted by Crippen LogP contribution is 2.35. The van der Waals surface area contributed by atoms with Crippen LogP contribution in [0.1, 0.15) is 10.4 Å². The molecule has 0 aliphatic carbocycles. The molecule has 0 radical (unpaired) electrons. The van der Waals surface area contributed by atoms with E-state index in [-0.39, 0.29) is 11.1 Å². The first-order chi connectivity index (χ1) is 10.0. The minimum atomic E-state index is -0.441. The van der Waals surface area contributed by atoms with Crippen molar-refractivity contribution in [2.45, 2.75) is 0 Å².